The molecule has 60 valence electrons. The van der Waals surface area contributed by atoms with Gasteiger partial charge < -0.3 is 0 Å². The fraction of sp³-hybridized carbons (Fsp3) is 0.167. The predicted molar refractivity (Wildman–Crippen MR) is 52.1 cm³/mol. The molecule has 0 aromatic heterocycles. The maximum absolute atomic E-state index is 8.32. The maximum Gasteiger partial charge on any atom is 0.0619 e. The third-order valence-electron chi connectivity index (χ3n) is 1.67. The Hall–Kier alpha value is -1.30. The zero-order valence-electron chi connectivity index (χ0n) is 11.5. The van der Waals surface area contributed by atoms with Gasteiger partial charge in [-0.2, -0.15) is 0 Å². The summed E-state index contributed by atoms with van der Waals surface area (Å²) in [4.78, 5) is 0. The van der Waals surface area contributed by atoms with Crippen LogP contribution in [0.2, 0.25) is 0 Å². The largest absolute Gasteiger partial charge is 0.0836 e. The van der Waals surface area contributed by atoms with E-state index in [2.05, 4.69) is 0 Å². The maximum atomic E-state index is 8.32. The lowest BCUT2D eigenvalue weighted by atomic mass is 9.93. The van der Waals surface area contributed by atoms with Gasteiger partial charge in [-0.05, 0) is 12.0 Å². The molecule has 0 saturated heterocycles. The number of rotatable bonds is 1. The second kappa shape index (κ2) is 3.40. The standard InChI is InChI=1S/C12H12/c1-3-7-11(8-4-1)12-9-5-2-6-10-12/h1-9,12H,10H2/i5D,6D,9D,10D,12D. The van der Waals surface area contributed by atoms with Crippen LogP contribution in [0.15, 0.2) is 54.6 Å². The highest BCUT2D eigenvalue weighted by Gasteiger charge is 2.06. The molecule has 12 heavy (non-hydrogen) atoms. The molecule has 2 atom stereocenters. The fourth-order valence-electron chi connectivity index (χ4n) is 1.09. The first-order valence-electron chi connectivity index (χ1n) is 6.39. The Kier molecular flexibility index (Phi) is 1.02. The predicted octanol–water partition coefficient (Wildman–Crippen LogP) is 3.29. The molecule has 0 heteroatoms. The summed E-state index contributed by atoms with van der Waals surface area (Å²) in [6.07, 6.45) is 0.0157. The van der Waals surface area contributed by atoms with E-state index in [-0.39, 0.29) is 18.2 Å². The van der Waals surface area contributed by atoms with E-state index in [1.165, 1.54) is 6.08 Å². The van der Waals surface area contributed by atoms with Gasteiger partial charge >= 0.3 is 0 Å². The molecule has 0 fully saturated rings. The Morgan fingerprint density at radius 2 is 2.25 bits per heavy atom. The normalized spacial score (nSPS) is 41.8. The number of hydrogen-bond acceptors (Lipinski definition) is 0. The van der Waals surface area contributed by atoms with Crippen molar-refractivity contribution in [2.24, 2.45) is 0 Å². The smallest absolute Gasteiger partial charge is 0.0619 e. The van der Waals surface area contributed by atoms with Crippen molar-refractivity contribution in [3.63, 3.8) is 0 Å². The topological polar surface area (TPSA) is 0 Å². The average molecular weight is 161 g/mol. The molecule has 0 spiro atoms. The van der Waals surface area contributed by atoms with E-state index < -0.39 is 12.3 Å². The van der Waals surface area contributed by atoms with Crippen LogP contribution in [0, 0.1) is 0 Å². The minimum Gasteiger partial charge on any atom is -0.0836 e. The molecule has 1 aliphatic carbocycles. The summed E-state index contributed by atoms with van der Waals surface area (Å²) in [5.41, 5.74) is 0.479. The highest BCUT2D eigenvalue weighted by molar-refractivity contribution is 5.28. The lowest BCUT2D eigenvalue weighted by Gasteiger charge is -2.12. The summed E-state index contributed by atoms with van der Waals surface area (Å²) in [7, 11) is 0. The Morgan fingerprint density at radius 3 is 3.08 bits per heavy atom. The van der Waals surface area contributed by atoms with E-state index in [1.807, 2.05) is 0 Å². The summed E-state index contributed by atoms with van der Waals surface area (Å²) < 4.78 is 39.3. The van der Waals surface area contributed by atoms with Crippen LogP contribution in [0.3, 0.4) is 0 Å². The Morgan fingerprint density at radius 1 is 1.42 bits per heavy atom. The van der Waals surface area contributed by atoms with Gasteiger partial charge in [-0.15, -0.1) is 0 Å². The average Bonchev–Trinajstić information content (AvgIpc) is 2.35. The Bertz CT molecular complexity index is 491. The molecule has 1 aromatic rings. The number of allylic oxidation sites excluding steroid dienone is 4. The van der Waals surface area contributed by atoms with Gasteiger partial charge in [0.25, 0.3) is 0 Å². The van der Waals surface area contributed by atoms with Gasteiger partial charge in [0.1, 0.15) is 0 Å². The SMILES string of the molecule is [2H]C1=CC([2H])=C([2H])C([2H])(c2ccccc2)C1[2H]. The van der Waals surface area contributed by atoms with Crippen LogP contribution in [-0.4, -0.2) is 0 Å². The van der Waals surface area contributed by atoms with E-state index in [4.69, 9.17) is 6.85 Å². The van der Waals surface area contributed by atoms with Crippen molar-refractivity contribution in [2.75, 3.05) is 0 Å². The van der Waals surface area contributed by atoms with Crippen LogP contribution in [0.5, 0.6) is 0 Å². The van der Waals surface area contributed by atoms with E-state index in [0.717, 1.165) is 0 Å². The minimum absolute atomic E-state index is 0.0927. The molecule has 0 heterocycles. The van der Waals surface area contributed by atoms with Crippen LogP contribution in [0.25, 0.3) is 0 Å². The first-order chi connectivity index (χ1) is 7.98. The summed E-state index contributed by atoms with van der Waals surface area (Å²) in [5, 5.41) is 0. The summed E-state index contributed by atoms with van der Waals surface area (Å²) in [6, 6.07) is 8.11. The number of hydrogen-bond donors (Lipinski definition) is 0. The van der Waals surface area contributed by atoms with E-state index in [0.29, 0.717) is 5.56 Å². The third-order valence-corrected chi connectivity index (χ3v) is 1.67. The zero-order valence-corrected chi connectivity index (χ0v) is 6.54. The Labute approximate surface area is 80.3 Å². The van der Waals surface area contributed by atoms with Crippen molar-refractivity contribution in [1.82, 2.24) is 0 Å². The van der Waals surface area contributed by atoms with Crippen LogP contribution in [0.4, 0.5) is 0 Å². The molecule has 1 aliphatic rings. The highest BCUT2D eigenvalue weighted by atomic mass is 14.1. The lowest BCUT2D eigenvalue weighted by Crippen LogP contribution is -1.94. The van der Waals surface area contributed by atoms with Gasteiger partial charge in [-0.1, -0.05) is 54.6 Å². The molecule has 1 aromatic carbocycles. The molecule has 0 radical (unpaired) electrons. The summed E-state index contributed by atoms with van der Waals surface area (Å²) in [5.74, 6) is -1.65. The van der Waals surface area contributed by atoms with Gasteiger partial charge in [0.2, 0.25) is 0 Å². The molecular formula is C12H12. The third kappa shape index (κ3) is 1.48. The minimum atomic E-state index is -1.65. The van der Waals surface area contributed by atoms with Gasteiger partial charge in [0, 0.05) is 8.64 Å². The van der Waals surface area contributed by atoms with Crippen molar-refractivity contribution < 1.29 is 6.85 Å². The monoisotopic (exact) mass is 161 g/mol. The Balaban J connectivity index is 2.61. The zero-order chi connectivity index (χ0) is 12.6. The van der Waals surface area contributed by atoms with Gasteiger partial charge in [-0.25, -0.2) is 0 Å². The van der Waals surface area contributed by atoms with Crippen LogP contribution < -0.4 is 0 Å². The summed E-state index contributed by atoms with van der Waals surface area (Å²) in [6.45, 7) is 0. The molecule has 0 amide bonds. The van der Waals surface area contributed by atoms with Crippen molar-refractivity contribution >= 4 is 0 Å². The number of benzene rings is 1. The molecular weight excluding hydrogens is 144 g/mol. The molecule has 0 saturated carbocycles. The van der Waals surface area contributed by atoms with E-state index >= 15 is 0 Å². The van der Waals surface area contributed by atoms with E-state index in [9.17, 15) is 0 Å². The lowest BCUT2D eigenvalue weighted by molar-refractivity contribution is 0.854. The highest BCUT2D eigenvalue weighted by Crippen LogP contribution is 2.23. The van der Waals surface area contributed by atoms with Crippen LogP contribution in [0.1, 0.15) is 24.7 Å². The second-order valence-electron chi connectivity index (χ2n) is 2.50. The molecule has 2 unspecified atom stereocenters. The molecule has 2 rings (SSSR count). The van der Waals surface area contributed by atoms with E-state index in [1.54, 1.807) is 30.3 Å². The molecule has 0 N–H and O–H groups in total. The first-order valence-corrected chi connectivity index (χ1v) is 3.82. The first kappa shape index (κ1) is 3.61. The van der Waals surface area contributed by atoms with Crippen molar-refractivity contribution in [1.29, 1.82) is 0 Å². The molecule has 0 nitrogen and oxygen atoms in total. The second-order valence-corrected chi connectivity index (χ2v) is 2.50. The van der Waals surface area contributed by atoms with Gasteiger partial charge in [0.15, 0.2) is 0 Å². The van der Waals surface area contributed by atoms with Gasteiger partial charge in [0.05, 0.1) is 4.11 Å². The molecule has 0 bridgehead atoms. The van der Waals surface area contributed by atoms with Crippen molar-refractivity contribution in [2.45, 2.75) is 12.3 Å². The van der Waals surface area contributed by atoms with Crippen LogP contribution in [-0.2, 0) is 0 Å². The summed E-state index contributed by atoms with van der Waals surface area (Å²) >= 11 is 0. The van der Waals surface area contributed by atoms with Crippen molar-refractivity contribution in [3.05, 3.63) is 60.1 Å². The fourth-order valence-corrected chi connectivity index (χ4v) is 1.09. The van der Waals surface area contributed by atoms with Gasteiger partial charge in [-0.3, -0.25) is 0 Å². The van der Waals surface area contributed by atoms with Crippen molar-refractivity contribution in [3.8, 4) is 0 Å². The molecule has 0 aliphatic heterocycles. The van der Waals surface area contributed by atoms with Crippen LogP contribution >= 0.6 is 0 Å². The quantitative estimate of drug-likeness (QED) is 0.593.